The van der Waals surface area contributed by atoms with Crippen molar-refractivity contribution in [3.8, 4) is 0 Å². The molecule has 0 fully saturated rings. The lowest BCUT2D eigenvalue weighted by atomic mass is 9.98. The second-order valence-electron chi connectivity index (χ2n) is 4.84. The fourth-order valence-electron chi connectivity index (χ4n) is 1.95. The van der Waals surface area contributed by atoms with Crippen LogP contribution < -0.4 is 5.73 Å². The summed E-state index contributed by atoms with van der Waals surface area (Å²) in [4.78, 5) is 0. The van der Waals surface area contributed by atoms with E-state index >= 15 is 0 Å². The maximum atomic E-state index is 6.29. The maximum absolute atomic E-state index is 6.29. The van der Waals surface area contributed by atoms with Gasteiger partial charge in [-0.1, -0.05) is 6.92 Å². The summed E-state index contributed by atoms with van der Waals surface area (Å²) in [6.07, 6.45) is 1.68. The third-order valence-electron chi connectivity index (χ3n) is 2.90. The lowest BCUT2D eigenvalue weighted by molar-refractivity contribution is 0.100. The Bertz CT molecular complexity index is 388. The number of hydrogen-bond acceptors (Lipinski definition) is 3. The van der Waals surface area contributed by atoms with Crippen molar-refractivity contribution < 1.29 is 4.74 Å². The first-order valence-corrected chi connectivity index (χ1v) is 7.35. The number of aryl methyl sites for hydroxylation is 2. The first kappa shape index (κ1) is 15.7. The van der Waals surface area contributed by atoms with E-state index in [4.69, 9.17) is 10.5 Å². The Morgan fingerprint density at radius 3 is 2.56 bits per heavy atom. The van der Waals surface area contributed by atoms with Crippen molar-refractivity contribution in [1.29, 1.82) is 0 Å². The third kappa shape index (κ3) is 3.80. The summed E-state index contributed by atoms with van der Waals surface area (Å²) in [7, 11) is 0. The van der Waals surface area contributed by atoms with E-state index in [9.17, 15) is 0 Å². The molecule has 0 bridgehead atoms. The van der Waals surface area contributed by atoms with E-state index in [0.29, 0.717) is 13.2 Å². The van der Waals surface area contributed by atoms with Crippen LogP contribution in [0, 0.1) is 0 Å². The second-order valence-corrected chi connectivity index (χ2v) is 5.64. The molecule has 1 unspecified atom stereocenters. The van der Waals surface area contributed by atoms with Crippen molar-refractivity contribution in [2.75, 3.05) is 13.2 Å². The number of aromatic nitrogens is 2. The van der Waals surface area contributed by atoms with Crippen LogP contribution in [0.2, 0.25) is 0 Å². The molecule has 1 aromatic rings. The van der Waals surface area contributed by atoms with Gasteiger partial charge in [-0.25, -0.2) is 0 Å². The minimum atomic E-state index is -0.365. The van der Waals surface area contributed by atoms with E-state index in [2.05, 4.69) is 34.9 Å². The molecule has 4 nitrogen and oxygen atoms in total. The first-order chi connectivity index (χ1) is 8.45. The highest BCUT2D eigenvalue weighted by Gasteiger charge is 2.24. The molecule has 104 valence electrons. The molecule has 0 aliphatic carbocycles. The van der Waals surface area contributed by atoms with Gasteiger partial charge < -0.3 is 10.5 Å². The normalized spacial score (nSPS) is 14.8. The topological polar surface area (TPSA) is 53.1 Å². The van der Waals surface area contributed by atoms with Gasteiger partial charge in [0.2, 0.25) is 0 Å². The number of hydrogen-bond donors (Lipinski definition) is 1. The molecule has 0 aliphatic rings. The zero-order valence-electron chi connectivity index (χ0n) is 11.8. The Kier molecular flexibility index (Phi) is 5.82. The van der Waals surface area contributed by atoms with Gasteiger partial charge in [-0.3, -0.25) is 4.68 Å². The zero-order chi connectivity index (χ0) is 13.8. The van der Waals surface area contributed by atoms with Crippen LogP contribution in [0.4, 0.5) is 0 Å². The molecule has 0 spiro atoms. The molecule has 0 saturated carbocycles. The van der Waals surface area contributed by atoms with E-state index in [-0.39, 0.29) is 5.54 Å². The first-order valence-electron chi connectivity index (χ1n) is 6.55. The highest BCUT2D eigenvalue weighted by molar-refractivity contribution is 9.10. The number of rotatable bonds is 7. The van der Waals surface area contributed by atoms with Crippen LogP contribution in [-0.4, -0.2) is 28.5 Å². The fraction of sp³-hybridized carbons (Fsp3) is 0.769. The van der Waals surface area contributed by atoms with E-state index in [0.717, 1.165) is 29.6 Å². The van der Waals surface area contributed by atoms with Crippen LogP contribution in [0.3, 0.4) is 0 Å². The average molecular weight is 318 g/mol. The minimum Gasteiger partial charge on any atom is -0.380 e. The zero-order valence-corrected chi connectivity index (χ0v) is 13.4. The van der Waals surface area contributed by atoms with Crippen LogP contribution in [0.5, 0.6) is 0 Å². The van der Waals surface area contributed by atoms with Gasteiger partial charge in [0.25, 0.3) is 0 Å². The Morgan fingerprint density at radius 1 is 1.39 bits per heavy atom. The van der Waals surface area contributed by atoms with Crippen molar-refractivity contribution in [2.45, 2.75) is 52.6 Å². The average Bonchev–Trinajstić information content (AvgIpc) is 2.63. The molecule has 18 heavy (non-hydrogen) atoms. The lowest BCUT2D eigenvalue weighted by Crippen LogP contribution is -2.44. The molecule has 0 saturated heterocycles. The SMILES string of the molecule is CCOCC(C)(N)Cc1c(Br)c(CC)nn1CC. The van der Waals surface area contributed by atoms with Gasteiger partial charge >= 0.3 is 0 Å². The van der Waals surface area contributed by atoms with Gasteiger partial charge in [-0.15, -0.1) is 0 Å². The summed E-state index contributed by atoms with van der Waals surface area (Å²) >= 11 is 3.64. The van der Waals surface area contributed by atoms with Gasteiger partial charge in [0, 0.05) is 25.1 Å². The molecule has 2 N–H and O–H groups in total. The molecule has 0 radical (unpaired) electrons. The Morgan fingerprint density at radius 2 is 2.06 bits per heavy atom. The number of nitrogens with zero attached hydrogens (tertiary/aromatic N) is 2. The molecule has 1 aromatic heterocycles. The monoisotopic (exact) mass is 317 g/mol. The van der Waals surface area contributed by atoms with Crippen LogP contribution in [0.1, 0.15) is 39.1 Å². The van der Waals surface area contributed by atoms with Crippen molar-refractivity contribution in [3.05, 3.63) is 15.9 Å². The van der Waals surface area contributed by atoms with Crippen molar-refractivity contribution >= 4 is 15.9 Å². The highest BCUT2D eigenvalue weighted by atomic mass is 79.9. The predicted molar refractivity (Wildman–Crippen MR) is 77.8 cm³/mol. The molecule has 1 atom stereocenters. The maximum Gasteiger partial charge on any atom is 0.0766 e. The van der Waals surface area contributed by atoms with Crippen LogP contribution in [0.25, 0.3) is 0 Å². The van der Waals surface area contributed by atoms with Crippen LogP contribution in [0.15, 0.2) is 4.47 Å². The van der Waals surface area contributed by atoms with Gasteiger partial charge in [-0.05, 0) is 43.1 Å². The number of ether oxygens (including phenoxy) is 1. The third-order valence-corrected chi connectivity index (χ3v) is 3.82. The largest absolute Gasteiger partial charge is 0.380 e. The summed E-state index contributed by atoms with van der Waals surface area (Å²) < 4.78 is 8.57. The standard InChI is InChI=1S/C13H24BrN3O/c1-5-10-12(14)11(17(6-2)16-10)8-13(4,15)9-18-7-3/h5-9,15H2,1-4H3. The van der Waals surface area contributed by atoms with Crippen molar-refractivity contribution in [2.24, 2.45) is 5.73 Å². The quantitative estimate of drug-likeness (QED) is 0.840. The summed E-state index contributed by atoms with van der Waals surface area (Å²) in [5.41, 5.74) is 8.19. The molecular weight excluding hydrogens is 294 g/mol. The molecule has 1 rings (SSSR count). The molecule has 0 amide bonds. The molecule has 0 aromatic carbocycles. The van der Waals surface area contributed by atoms with Crippen molar-refractivity contribution in [3.63, 3.8) is 0 Å². The predicted octanol–water partition coefficient (Wildman–Crippen LogP) is 2.52. The van der Waals surface area contributed by atoms with Gasteiger partial charge in [0.05, 0.1) is 22.5 Å². The van der Waals surface area contributed by atoms with Crippen molar-refractivity contribution in [1.82, 2.24) is 9.78 Å². The van der Waals surface area contributed by atoms with Gasteiger partial charge in [0.15, 0.2) is 0 Å². The highest BCUT2D eigenvalue weighted by Crippen LogP contribution is 2.25. The Labute approximate surface area is 118 Å². The second kappa shape index (κ2) is 6.68. The molecular formula is C13H24BrN3O. The Balaban J connectivity index is 2.91. The molecule has 0 aliphatic heterocycles. The summed E-state index contributed by atoms with van der Waals surface area (Å²) in [6, 6.07) is 0. The number of nitrogens with two attached hydrogens (primary N) is 1. The number of halogens is 1. The summed E-state index contributed by atoms with van der Waals surface area (Å²) in [6.45, 7) is 10.3. The summed E-state index contributed by atoms with van der Waals surface area (Å²) in [5.74, 6) is 0. The van der Waals surface area contributed by atoms with E-state index < -0.39 is 0 Å². The van der Waals surface area contributed by atoms with Gasteiger partial charge in [0.1, 0.15) is 0 Å². The summed E-state index contributed by atoms with van der Waals surface area (Å²) in [5, 5.41) is 4.58. The van der Waals surface area contributed by atoms with Crippen LogP contribution >= 0.6 is 15.9 Å². The molecule has 1 heterocycles. The molecule has 5 heteroatoms. The van der Waals surface area contributed by atoms with E-state index in [1.54, 1.807) is 0 Å². The van der Waals surface area contributed by atoms with Crippen LogP contribution in [-0.2, 0) is 24.1 Å². The lowest BCUT2D eigenvalue weighted by Gasteiger charge is -2.24. The fourth-order valence-corrected chi connectivity index (χ4v) is 2.66. The van der Waals surface area contributed by atoms with E-state index in [1.165, 1.54) is 5.69 Å². The van der Waals surface area contributed by atoms with Gasteiger partial charge in [-0.2, -0.15) is 5.10 Å². The Hall–Kier alpha value is -0.390. The minimum absolute atomic E-state index is 0.365. The smallest absolute Gasteiger partial charge is 0.0766 e. The van der Waals surface area contributed by atoms with E-state index in [1.807, 2.05) is 18.5 Å².